The van der Waals surface area contributed by atoms with E-state index in [2.05, 4.69) is 9.88 Å². The zero-order valence-corrected chi connectivity index (χ0v) is 14.7. The molecule has 1 saturated heterocycles. The van der Waals surface area contributed by atoms with Gasteiger partial charge in [0.2, 0.25) is 5.89 Å². The summed E-state index contributed by atoms with van der Waals surface area (Å²) in [5.74, 6) is -0.0338. The maximum atomic E-state index is 14.2. The topological polar surface area (TPSA) is 58.5 Å². The first-order chi connectivity index (χ1) is 13.1. The SMILES string of the molecule is Nc1ccc(N2CCN(C(c3ccc(F)cc3)c3ncco3)CC2)c(F)c1. The molecule has 2 aromatic carbocycles. The lowest BCUT2D eigenvalue weighted by molar-refractivity contribution is 0.187. The van der Waals surface area contributed by atoms with Crippen molar-refractivity contribution in [3.05, 3.63) is 78.0 Å². The fourth-order valence-electron chi connectivity index (χ4n) is 3.52. The van der Waals surface area contributed by atoms with E-state index in [0.717, 1.165) is 5.56 Å². The number of halogens is 2. The van der Waals surface area contributed by atoms with Gasteiger partial charge in [0.25, 0.3) is 0 Å². The van der Waals surface area contributed by atoms with E-state index in [1.807, 2.05) is 4.90 Å². The first kappa shape index (κ1) is 17.5. The molecule has 2 N–H and O–H groups in total. The van der Waals surface area contributed by atoms with Gasteiger partial charge in [-0.1, -0.05) is 12.1 Å². The summed E-state index contributed by atoms with van der Waals surface area (Å²) in [7, 11) is 0. The highest BCUT2D eigenvalue weighted by Crippen LogP contribution is 2.30. The van der Waals surface area contributed by atoms with Gasteiger partial charge in [-0.05, 0) is 35.9 Å². The quantitative estimate of drug-likeness (QED) is 0.713. The number of hydrogen-bond acceptors (Lipinski definition) is 5. The Labute approximate surface area is 156 Å². The Kier molecular flexibility index (Phi) is 4.77. The molecule has 7 heteroatoms. The van der Waals surface area contributed by atoms with Crippen LogP contribution in [0.4, 0.5) is 20.2 Å². The molecule has 1 unspecified atom stereocenters. The van der Waals surface area contributed by atoms with Crippen LogP contribution in [-0.4, -0.2) is 36.1 Å². The van der Waals surface area contributed by atoms with Crippen LogP contribution in [-0.2, 0) is 0 Å². The minimum atomic E-state index is -0.314. The van der Waals surface area contributed by atoms with Gasteiger partial charge < -0.3 is 15.1 Å². The second-order valence-electron chi connectivity index (χ2n) is 6.56. The van der Waals surface area contributed by atoms with Crippen molar-refractivity contribution in [1.29, 1.82) is 0 Å². The fourth-order valence-corrected chi connectivity index (χ4v) is 3.52. The first-order valence-corrected chi connectivity index (χ1v) is 8.81. The normalized spacial score (nSPS) is 16.4. The third kappa shape index (κ3) is 3.64. The van der Waals surface area contributed by atoms with Crippen molar-refractivity contribution in [1.82, 2.24) is 9.88 Å². The van der Waals surface area contributed by atoms with Crippen LogP contribution in [0, 0.1) is 11.6 Å². The lowest BCUT2D eigenvalue weighted by Gasteiger charge is -2.39. The minimum absolute atomic E-state index is 0.209. The average molecular weight is 370 g/mol. The monoisotopic (exact) mass is 370 g/mol. The highest BCUT2D eigenvalue weighted by Gasteiger charge is 2.30. The molecule has 0 bridgehead atoms. The highest BCUT2D eigenvalue weighted by atomic mass is 19.1. The molecule has 0 spiro atoms. The van der Waals surface area contributed by atoms with E-state index in [1.54, 1.807) is 30.5 Å². The summed E-state index contributed by atoms with van der Waals surface area (Å²) in [6.07, 6.45) is 3.14. The molecule has 1 atom stereocenters. The molecule has 3 aromatic rings. The number of anilines is 2. The molecule has 1 aliphatic heterocycles. The second-order valence-corrected chi connectivity index (χ2v) is 6.56. The number of nitrogens with two attached hydrogens (primary N) is 1. The van der Waals surface area contributed by atoms with Crippen molar-refractivity contribution >= 4 is 11.4 Å². The molecule has 140 valence electrons. The molecule has 2 heterocycles. The number of nitrogens with zero attached hydrogens (tertiary/aromatic N) is 3. The third-order valence-corrected chi connectivity index (χ3v) is 4.86. The summed E-state index contributed by atoms with van der Waals surface area (Å²) in [5, 5.41) is 0. The predicted octanol–water partition coefficient (Wildman–Crippen LogP) is 3.45. The minimum Gasteiger partial charge on any atom is -0.447 e. The van der Waals surface area contributed by atoms with E-state index in [-0.39, 0.29) is 17.7 Å². The lowest BCUT2D eigenvalue weighted by atomic mass is 10.0. The number of hydrogen-bond donors (Lipinski definition) is 1. The molecular weight excluding hydrogens is 350 g/mol. The molecule has 0 radical (unpaired) electrons. The summed E-state index contributed by atoms with van der Waals surface area (Å²) in [5.41, 5.74) is 7.51. The zero-order chi connectivity index (χ0) is 18.8. The van der Waals surface area contributed by atoms with Crippen LogP contribution in [0.2, 0.25) is 0 Å². The van der Waals surface area contributed by atoms with Crippen LogP contribution in [0.1, 0.15) is 17.5 Å². The van der Waals surface area contributed by atoms with Crippen LogP contribution in [0.3, 0.4) is 0 Å². The van der Waals surface area contributed by atoms with Crippen molar-refractivity contribution in [3.8, 4) is 0 Å². The van der Waals surface area contributed by atoms with Gasteiger partial charge in [-0.15, -0.1) is 0 Å². The van der Waals surface area contributed by atoms with E-state index < -0.39 is 0 Å². The number of rotatable bonds is 4. The summed E-state index contributed by atoms with van der Waals surface area (Å²) >= 11 is 0. The fraction of sp³-hybridized carbons (Fsp3) is 0.250. The van der Waals surface area contributed by atoms with E-state index in [1.165, 1.54) is 24.5 Å². The van der Waals surface area contributed by atoms with Gasteiger partial charge in [-0.2, -0.15) is 0 Å². The Balaban J connectivity index is 1.54. The Morgan fingerprint density at radius 2 is 1.74 bits per heavy atom. The molecule has 5 nitrogen and oxygen atoms in total. The summed E-state index contributed by atoms with van der Waals surface area (Å²) in [4.78, 5) is 8.52. The third-order valence-electron chi connectivity index (χ3n) is 4.86. The van der Waals surface area contributed by atoms with E-state index in [4.69, 9.17) is 10.2 Å². The van der Waals surface area contributed by atoms with Crippen LogP contribution in [0.5, 0.6) is 0 Å². The van der Waals surface area contributed by atoms with Crippen molar-refractivity contribution in [2.75, 3.05) is 36.8 Å². The Morgan fingerprint density at radius 3 is 2.37 bits per heavy atom. The first-order valence-electron chi connectivity index (χ1n) is 8.81. The second kappa shape index (κ2) is 7.36. The Hall–Kier alpha value is -2.93. The van der Waals surface area contributed by atoms with Crippen LogP contribution >= 0.6 is 0 Å². The average Bonchev–Trinajstić information content (AvgIpc) is 3.19. The standard InChI is InChI=1S/C20H20F2N4O/c21-15-3-1-14(2-4-15)19(20-24-7-12-27-20)26-10-8-25(9-11-26)18-6-5-16(23)13-17(18)22/h1-7,12-13,19H,8-11,23H2. The van der Waals surface area contributed by atoms with Gasteiger partial charge in [0, 0.05) is 31.9 Å². The molecule has 0 saturated carbocycles. The zero-order valence-electron chi connectivity index (χ0n) is 14.7. The summed E-state index contributed by atoms with van der Waals surface area (Å²) in [6.45, 7) is 2.68. The predicted molar refractivity (Wildman–Crippen MR) is 99.3 cm³/mol. The smallest absolute Gasteiger partial charge is 0.215 e. The van der Waals surface area contributed by atoms with Gasteiger partial charge in [0.05, 0.1) is 11.9 Å². The number of aromatic nitrogens is 1. The molecule has 27 heavy (non-hydrogen) atoms. The van der Waals surface area contributed by atoms with Gasteiger partial charge in [-0.3, -0.25) is 4.90 Å². The van der Waals surface area contributed by atoms with E-state index in [0.29, 0.717) is 43.4 Å². The molecule has 1 aliphatic rings. The van der Waals surface area contributed by atoms with Crippen molar-refractivity contribution in [2.45, 2.75) is 6.04 Å². The Morgan fingerprint density at radius 1 is 1.00 bits per heavy atom. The van der Waals surface area contributed by atoms with E-state index >= 15 is 0 Å². The summed E-state index contributed by atoms with van der Waals surface area (Å²) in [6, 6.07) is 10.9. The van der Waals surface area contributed by atoms with Crippen molar-refractivity contribution in [2.24, 2.45) is 0 Å². The molecule has 0 amide bonds. The molecular formula is C20H20F2N4O. The van der Waals surface area contributed by atoms with Gasteiger partial charge in [-0.25, -0.2) is 13.8 Å². The van der Waals surface area contributed by atoms with Crippen LogP contribution in [0.25, 0.3) is 0 Å². The van der Waals surface area contributed by atoms with Crippen molar-refractivity contribution in [3.63, 3.8) is 0 Å². The molecule has 1 fully saturated rings. The number of oxazole rings is 1. The molecule has 4 rings (SSSR count). The largest absolute Gasteiger partial charge is 0.447 e. The molecule has 1 aromatic heterocycles. The lowest BCUT2D eigenvalue weighted by Crippen LogP contribution is -2.48. The highest BCUT2D eigenvalue weighted by molar-refractivity contribution is 5.54. The Bertz CT molecular complexity index is 891. The van der Waals surface area contributed by atoms with Crippen LogP contribution in [0.15, 0.2) is 59.3 Å². The van der Waals surface area contributed by atoms with Crippen molar-refractivity contribution < 1.29 is 13.2 Å². The number of benzene rings is 2. The number of nitrogen functional groups attached to an aromatic ring is 1. The van der Waals surface area contributed by atoms with Gasteiger partial charge in [0.15, 0.2) is 0 Å². The van der Waals surface area contributed by atoms with Gasteiger partial charge >= 0.3 is 0 Å². The maximum absolute atomic E-state index is 14.2. The number of piperazine rings is 1. The molecule has 0 aliphatic carbocycles. The van der Waals surface area contributed by atoms with Gasteiger partial charge in [0.1, 0.15) is 23.9 Å². The summed E-state index contributed by atoms with van der Waals surface area (Å²) < 4.78 is 33.1. The van der Waals surface area contributed by atoms with Crippen LogP contribution < -0.4 is 10.6 Å². The van der Waals surface area contributed by atoms with E-state index in [9.17, 15) is 8.78 Å². The maximum Gasteiger partial charge on any atom is 0.215 e.